The largest absolute Gasteiger partial charge is 0.399 e. The second kappa shape index (κ2) is 5.28. The van der Waals surface area contributed by atoms with E-state index in [1.165, 1.54) is 30.3 Å². The zero-order valence-electron chi connectivity index (χ0n) is 10.4. The van der Waals surface area contributed by atoms with Gasteiger partial charge in [-0.3, -0.25) is 4.79 Å². The number of nitrogen functional groups attached to an aromatic ring is 2. The lowest BCUT2D eigenvalue weighted by atomic mass is 10.1. The SMILES string of the molecule is N#Cc1c(F)cccc1NC(=O)c1cc(N)cc(N)c1. The van der Waals surface area contributed by atoms with E-state index in [2.05, 4.69) is 5.32 Å². The highest BCUT2D eigenvalue weighted by atomic mass is 19.1. The average Bonchev–Trinajstić information content (AvgIpc) is 2.37. The Morgan fingerprint density at radius 1 is 1.20 bits per heavy atom. The number of carbonyl (C=O) groups excluding carboxylic acids is 1. The van der Waals surface area contributed by atoms with Crippen molar-refractivity contribution in [2.24, 2.45) is 0 Å². The second-order valence-corrected chi connectivity index (χ2v) is 4.12. The van der Waals surface area contributed by atoms with Gasteiger partial charge in [-0.2, -0.15) is 5.26 Å². The maximum Gasteiger partial charge on any atom is 0.255 e. The molecule has 0 fully saturated rings. The van der Waals surface area contributed by atoms with E-state index in [4.69, 9.17) is 16.7 Å². The summed E-state index contributed by atoms with van der Waals surface area (Å²) in [6, 6.07) is 10.1. The molecule has 2 aromatic rings. The van der Waals surface area contributed by atoms with Crippen LogP contribution < -0.4 is 16.8 Å². The first kappa shape index (κ1) is 13.4. The highest BCUT2D eigenvalue weighted by molar-refractivity contribution is 6.06. The van der Waals surface area contributed by atoms with E-state index in [9.17, 15) is 9.18 Å². The van der Waals surface area contributed by atoms with Crippen LogP contribution in [0.2, 0.25) is 0 Å². The molecule has 0 unspecified atom stereocenters. The summed E-state index contributed by atoms with van der Waals surface area (Å²) < 4.78 is 13.4. The summed E-state index contributed by atoms with van der Waals surface area (Å²) in [7, 11) is 0. The van der Waals surface area contributed by atoms with Gasteiger partial charge in [0.15, 0.2) is 0 Å². The Hall–Kier alpha value is -3.07. The van der Waals surface area contributed by atoms with Crippen LogP contribution in [0.5, 0.6) is 0 Å². The Labute approximate surface area is 114 Å². The van der Waals surface area contributed by atoms with Crippen LogP contribution in [-0.2, 0) is 0 Å². The molecule has 0 aliphatic carbocycles. The minimum absolute atomic E-state index is 0.0958. The molecule has 6 heteroatoms. The quantitative estimate of drug-likeness (QED) is 0.727. The van der Waals surface area contributed by atoms with Gasteiger partial charge in [0, 0.05) is 16.9 Å². The van der Waals surface area contributed by atoms with E-state index >= 15 is 0 Å². The van der Waals surface area contributed by atoms with Crippen molar-refractivity contribution in [3.63, 3.8) is 0 Å². The fourth-order valence-electron chi connectivity index (χ4n) is 1.74. The van der Waals surface area contributed by atoms with E-state index in [0.717, 1.165) is 6.07 Å². The van der Waals surface area contributed by atoms with Crippen molar-refractivity contribution >= 4 is 23.0 Å². The number of hydrogen-bond donors (Lipinski definition) is 3. The smallest absolute Gasteiger partial charge is 0.255 e. The van der Waals surface area contributed by atoms with E-state index in [1.807, 2.05) is 0 Å². The molecule has 100 valence electrons. The van der Waals surface area contributed by atoms with Crippen molar-refractivity contribution in [3.8, 4) is 6.07 Å². The Bertz CT molecular complexity index is 701. The number of hydrogen-bond acceptors (Lipinski definition) is 4. The molecule has 0 saturated heterocycles. The third-order valence-corrected chi connectivity index (χ3v) is 2.61. The van der Waals surface area contributed by atoms with Crippen LogP contribution in [0, 0.1) is 17.1 Å². The van der Waals surface area contributed by atoms with Gasteiger partial charge in [-0.1, -0.05) is 6.07 Å². The maximum absolute atomic E-state index is 13.4. The molecule has 1 amide bonds. The van der Waals surface area contributed by atoms with Crippen LogP contribution in [0.25, 0.3) is 0 Å². The molecular weight excluding hydrogens is 259 g/mol. The lowest BCUT2D eigenvalue weighted by molar-refractivity contribution is 0.102. The Balaban J connectivity index is 2.33. The van der Waals surface area contributed by atoms with Gasteiger partial charge >= 0.3 is 0 Å². The molecule has 0 aliphatic heterocycles. The minimum atomic E-state index is -0.697. The first-order valence-corrected chi connectivity index (χ1v) is 5.67. The van der Waals surface area contributed by atoms with Crippen LogP contribution in [0.4, 0.5) is 21.5 Å². The molecular formula is C14H11FN4O. The molecule has 0 saturated carbocycles. The van der Waals surface area contributed by atoms with E-state index in [1.54, 1.807) is 6.07 Å². The summed E-state index contributed by atoms with van der Waals surface area (Å²) in [5.41, 5.74) is 12.0. The summed E-state index contributed by atoms with van der Waals surface area (Å²) in [5, 5.41) is 11.4. The number of nitrogens with zero attached hydrogens (tertiary/aromatic N) is 1. The molecule has 5 N–H and O–H groups in total. The lowest BCUT2D eigenvalue weighted by Crippen LogP contribution is -2.14. The van der Waals surface area contributed by atoms with E-state index in [-0.39, 0.29) is 16.8 Å². The highest BCUT2D eigenvalue weighted by Gasteiger charge is 2.12. The van der Waals surface area contributed by atoms with Crippen molar-refractivity contribution in [2.45, 2.75) is 0 Å². The molecule has 5 nitrogen and oxygen atoms in total. The first-order valence-electron chi connectivity index (χ1n) is 5.67. The lowest BCUT2D eigenvalue weighted by Gasteiger charge is -2.08. The number of anilines is 3. The van der Waals surface area contributed by atoms with Crippen LogP contribution >= 0.6 is 0 Å². The van der Waals surface area contributed by atoms with Crippen LogP contribution in [0.15, 0.2) is 36.4 Å². The third-order valence-electron chi connectivity index (χ3n) is 2.61. The van der Waals surface area contributed by atoms with Crippen LogP contribution in [0.3, 0.4) is 0 Å². The van der Waals surface area contributed by atoms with Gasteiger partial charge < -0.3 is 16.8 Å². The minimum Gasteiger partial charge on any atom is -0.399 e. The van der Waals surface area contributed by atoms with Gasteiger partial charge in [-0.15, -0.1) is 0 Å². The maximum atomic E-state index is 13.4. The average molecular weight is 270 g/mol. The number of rotatable bonds is 2. The van der Waals surface area contributed by atoms with Gasteiger partial charge in [-0.25, -0.2) is 4.39 Å². The number of nitriles is 1. The summed E-state index contributed by atoms with van der Waals surface area (Å²) in [6.45, 7) is 0. The van der Waals surface area contributed by atoms with Crippen LogP contribution in [-0.4, -0.2) is 5.91 Å². The monoisotopic (exact) mass is 270 g/mol. The van der Waals surface area contributed by atoms with Gasteiger partial charge in [0.05, 0.1) is 5.69 Å². The fourth-order valence-corrected chi connectivity index (χ4v) is 1.74. The number of halogens is 1. The van der Waals surface area contributed by atoms with E-state index in [0.29, 0.717) is 11.4 Å². The standard InChI is InChI=1S/C14H11FN4O/c15-12-2-1-3-13(11(12)7-16)19-14(20)8-4-9(17)6-10(18)5-8/h1-6H,17-18H2,(H,19,20). The molecule has 0 spiro atoms. The van der Waals surface area contributed by atoms with Gasteiger partial charge in [-0.05, 0) is 30.3 Å². The second-order valence-electron chi connectivity index (χ2n) is 4.12. The Kier molecular flexibility index (Phi) is 3.53. The summed E-state index contributed by atoms with van der Waals surface area (Å²) >= 11 is 0. The first-order chi connectivity index (χ1) is 9.51. The fraction of sp³-hybridized carbons (Fsp3) is 0. The Morgan fingerprint density at radius 2 is 1.85 bits per heavy atom. The van der Waals surface area contributed by atoms with Gasteiger partial charge in [0.1, 0.15) is 17.4 Å². The molecule has 2 rings (SSSR count). The molecule has 0 aliphatic rings. The zero-order valence-corrected chi connectivity index (χ0v) is 10.4. The predicted octanol–water partition coefficient (Wildman–Crippen LogP) is 2.11. The predicted molar refractivity (Wildman–Crippen MR) is 74.3 cm³/mol. The van der Waals surface area contributed by atoms with Crippen LogP contribution in [0.1, 0.15) is 15.9 Å². The summed E-state index contributed by atoms with van der Waals surface area (Å²) in [4.78, 5) is 12.0. The number of nitrogens with one attached hydrogen (secondary N) is 1. The number of amides is 1. The van der Waals surface area contributed by atoms with Crippen molar-refractivity contribution in [2.75, 3.05) is 16.8 Å². The highest BCUT2D eigenvalue weighted by Crippen LogP contribution is 2.20. The molecule has 0 atom stereocenters. The van der Waals surface area contributed by atoms with Gasteiger partial charge in [0.25, 0.3) is 5.91 Å². The van der Waals surface area contributed by atoms with Crippen molar-refractivity contribution in [3.05, 3.63) is 53.3 Å². The van der Waals surface area contributed by atoms with E-state index < -0.39 is 11.7 Å². The molecule has 2 aromatic carbocycles. The molecule has 0 aromatic heterocycles. The molecule has 0 bridgehead atoms. The zero-order chi connectivity index (χ0) is 14.7. The normalized spacial score (nSPS) is 9.80. The number of nitrogens with two attached hydrogens (primary N) is 2. The molecule has 0 heterocycles. The molecule has 0 radical (unpaired) electrons. The van der Waals surface area contributed by atoms with Crippen molar-refractivity contribution in [1.29, 1.82) is 5.26 Å². The van der Waals surface area contributed by atoms with Gasteiger partial charge in [0.2, 0.25) is 0 Å². The summed E-state index contributed by atoms with van der Waals surface area (Å²) in [6.07, 6.45) is 0. The third kappa shape index (κ3) is 2.67. The Morgan fingerprint density at radius 3 is 2.45 bits per heavy atom. The number of carbonyl (C=O) groups is 1. The van der Waals surface area contributed by atoms with Crippen molar-refractivity contribution in [1.82, 2.24) is 0 Å². The molecule has 20 heavy (non-hydrogen) atoms. The summed E-state index contributed by atoms with van der Waals surface area (Å²) in [5.74, 6) is -1.22. The van der Waals surface area contributed by atoms with Crippen molar-refractivity contribution < 1.29 is 9.18 Å². The number of benzene rings is 2. The topological polar surface area (TPSA) is 105 Å².